The second kappa shape index (κ2) is 5.51. The van der Waals surface area contributed by atoms with Crippen molar-refractivity contribution in [1.29, 1.82) is 0 Å². The standard InChI is InChI=1S/C14H16N2O2/c1-16(14(17)13-3-2-10-18-13)12-6-4-11(5-7-12)8-9-15/h2-7,10H,8-9,15H2,1H3. The molecular formula is C14H16N2O2. The first-order valence-corrected chi connectivity index (χ1v) is 5.83. The number of carbonyl (C=O) groups is 1. The molecule has 1 aromatic heterocycles. The molecule has 0 saturated heterocycles. The van der Waals surface area contributed by atoms with E-state index in [1.165, 1.54) is 11.8 Å². The van der Waals surface area contributed by atoms with Gasteiger partial charge >= 0.3 is 0 Å². The molecule has 2 N–H and O–H groups in total. The van der Waals surface area contributed by atoms with Crippen molar-refractivity contribution in [3.63, 3.8) is 0 Å². The van der Waals surface area contributed by atoms with Crippen LogP contribution in [0.15, 0.2) is 47.1 Å². The number of hydrogen-bond donors (Lipinski definition) is 1. The minimum absolute atomic E-state index is 0.161. The molecule has 0 unspecified atom stereocenters. The van der Waals surface area contributed by atoms with Crippen molar-refractivity contribution in [3.05, 3.63) is 54.0 Å². The summed E-state index contributed by atoms with van der Waals surface area (Å²) in [4.78, 5) is 13.6. The predicted molar refractivity (Wildman–Crippen MR) is 70.6 cm³/mol. The fourth-order valence-electron chi connectivity index (χ4n) is 1.74. The third-order valence-corrected chi connectivity index (χ3v) is 2.79. The van der Waals surface area contributed by atoms with E-state index in [1.54, 1.807) is 24.1 Å². The summed E-state index contributed by atoms with van der Waals surface area (Å²) in [7, 11) is 1.72. The highest BCUT2D eigenvalue weighted by atomic mass is 16.3. The second-order valence-corrected chi connectivity index (χ2v) is 4.05. The lowest BCUT2D eigenvalue weighted by Crippen LogP contribution is -2.25. The fourth-order valence-corrected chi connectivity index (χ4v) is 1.74. The summed E-state index contributed by atoms with van der Waals surface area (Å²) in [6.07, 6.45) is 2.33. The minimum atomic E-state index is -0.161. The highest BCUT2D eigenvalue weighted by Crippen LogP contribution is 2.16. The largest absolute Gasteiger partial charge is 0.459 e. The van der Waals surface area contributed by atoms with Crippen LogP contribution in [0.2, 0.25) is 0 Å². The van der Waals surface area contributed by atoms with Gasteiger partial charge in [-0.1, -0.05) is 12.1 Å². The van der Waals surface area contributed by atoms with Gasteiger partial charge in [-0.15, -0.1) is 0 Å². The summed E-state index contributed by atoms with van der Waals surface area (Å²) in [5.74, 6) is 0.176. The van der Waals surface area contributed by atoms with E-state index in [1.807, 2.05) is 24.3 Å². The van der Waals surface area contributed by atoms with Crippen molar-refractivity contribution < 1.29 is 9.21 Å². The van der Waals surface area contributed by atoms with Crippen LogP contribution in [0.4, 0.5) is 5.69 Å². The van der Waals surface area contributed by atoms with Crippen molar-refractivity contribution in [1.82, 2.24) is 0 Å². The lowest BCUT2D eigenvalue weighted by molar-refractivity contribution is 0.0966. The average molecular weight is 244 g/mol. The number of anilines is 1. The molecular weight excluding hydrogens is 228 g/mol. The molecule has 0 bridgehead atoms. The van der Waals surface area contributed by atoms with E-state index in [0.717, 1.165) is 12.1 Å². The lowest BCUT2D eigenvalue weighted by atomic mass is 10.1. The first kappa shape index (κ1) is 12.4. The van der Waals surface area contributed by atoms with Gasteiger partial charge in [0.1, 0.15) is 0 Å². The highest BCUT2D eigenvalue weighted by Gasteiger charge is 2.15. The molecule has 4 nitrogen and oxygen atoms in total. The maximum absolute atomic E-state index is 12.0. The van der Waals surface area contributed by atoms with Gasteiger partial charge in [-0.25, -0.2) is 0 Å². The van der Waals surface area contributed by atoms with Crippen LogP contribution in [-0.2, 0) is 6.42 Å². The quantitative estimate of drug-likeness (QED) is 0.895. The Labute approximate surface area is 106 Å². The molecule has 2 rings (SSSR count). The zero-order valence-electron chi connectivity index (χ0n) is 10.3. The Morgan fingerprint density at radius 3 is 2.56 bits per heavy atom. The van der Waals surface area contributed by atoms with E-state index >= 15 is 0 Å². The molecule has 0 atom stereocenters. The zero-order chi connectivity index (χ0) is 13.0. The van der Waals surface area contributed by atoms with Crippen LogP contribution in [0.3, 0.4) is 0 Å². The first-order chi connectivity index (χ1) is 8.72. The summed E-state index contributed by atoms with van der Waals surface area (Å²) in [5.41, 5.74) is 7.49. The molecule has 94 valence electrons. The number of hydrogen-bond acceptors (Lipinski definition) is 3. The number of rotatable bonds is 4. The summed E-state index contributed by atoms with van der Waals surface area (Å²) >= 11 is 0. The Kier molecular flexibility index (Phi) is 3.79. The minimum Gasteiger partial charge on any atom is -0.459 e. The van der Waals surface area contributed by atoms with Crippen molar-refractivity contribution in [2.24, 2.45) is 5.73 Å². The Bertz CT molecular complexity index is 503. The van der Waals surface area contributed by atoms with E-state index in [-0.39, 0.29) is 5.91 Å². The van der Waals surface area contributed by atoms with E-state index < -0.39 is 0 Å². The molecule has 0 fully saturated rings. The topological polar surface area (TPSA) is 59.5 Å². The molecule has 0 spiro atoms. The zero-order valence-corrected chi connectivity index (χ0v) is 10.3. The van der Waals surface area contributed by atoms with Gasteiger partial charge in [0.05, 0.1) is 6.26 Å². The van der Waals surface area contributed by atoms with E-state index in [9.17, 15) is 4.79 Å². The maximum Gasteiger partial charge on any atom is 0.293 e. The van der Waals surface area contributed by atoms with Gasteiger partial charge in [-0.3, -0.25) is 4.79 Å². The Hall–Kier alpha value is -2.07. The summed E-state index contributed by atoms with van der Waals surface area (Å²) < 4.78 is 5.09. The Morgan fingerprint density at radius 2 is 2.00 bits per heavy atom. The van der Waals surface area contributed by atoms with Crippen molar-refractivity contribution >= 4 is 11.6 Å². The van der Waals surface area contributed by atoms with Crippen LogP contribution >= 0.6 is 0 Å². The van der Waals surface area contributed by atoms with Gasteiger partial charge in [0, 0.05) is 12.7 Å². The maximum atomic E-state index is 12.0. The van der Waals surface area contributed by atoms with E-state index in [2.05, 4.69) is 0 Å². The number of benzene rings is 1. The van der Waals surface area contributed by atoms with E-state index in [0.29, 0.717) is 12.3 Å². The molecule has 0 saturated carbocycles. The third-order valence-electron chi connectivity index (χ3n) is 2.79. The number of carbonyl (C=O) groups excluding carboxylic acids is 1. The van der Waals surface area contributed by atoms with Crippen LogP contribution in [0.25, 0.3) is 0 Å². The van der Waals surface area contributed by atoms with Gasteiger partial charge in [-0.05, 0) is 42.8 Å². The molecule has 1 aromatic carbocycles. The van der Waals surface area contributed by atoms with Gasteiger partial charge in [-0.2, -0.15) is 0 Å². The molecule has 0 aliphatic carbocycles. The molecule has 0 aliphatic rings. The Balaban J connectivity index is 2.13. The van der Waals surface area contributed by atoms with Crippen LogP contribution in [0, 0.1) is 0 Å². The highest BCUT2D eigenvalue weighted by molar-refractivity contribution is 6.03. The molecule has 1 amide bonds. The monoisotopic (exact) mass is 244 g/mol. The van der Waals surface area contributed by atoms with Crippen molar-refractivity contribution in [3.8, 4) is 0 Å². The Morgan fingerprint density at radius 1 is 1.28 bits per heavy atom. The summed E-state index contributed by atoms with van der Waals surface area (Å²) in [5, 5.41) is 0. The molecule has 1 heterocycles. The van der Waals surface area contributed by atoms with Gasteiger partial charge < -0.3 is 15.1 Å². The number of furan rings is 1. The van der Waals surface area contributed by atoms with Crippen LogP contribution in [-0.4, -0.2) is 19.5 Å². The van der Waals surface area contributed by atoms with Crippen molar-refractivity contribution in [2.75, 3.05) is 18.5 Å². The van der Waals surface area contributed by atoms with Crippen LogP contribution < -0.4 is 10.6 Å². The number of amides is 1. The molecule has 2 aromatic rings. The van der Waals surface area contributed by atoms with Gasteiger partial charge in [0.25, 0.3) is 5.91 Å². The van der Waals surface area contributed by atoms with Crippen LogP contribution in [0.5, 0.6) is 0 Å². The molecule has 18 heavy (non-hydrogen) atoms. The second-order valence-electron chi connectivity index (χ2n) is 4.05. The smallest absolute Gasteiger partial charge is 0.293 e. The third kappa shape index (κ3) is 2.60. The van der Waals surface area contributed by atoms with Crippen molar-refractivity contribution in [2.45, 2.75) is 6.42 Å². The fraction of sp³-hybridized carbons (Fsp3) is 0.214. The SMILES string of the molecule is CN(C(=O)c1ccco1)c1ccc(CCN)cc1. The van der Waals surface area contributed by atoms with Crippen LogP contribution in [0.1, 0.15) is 16.1 Å². The van der Waals surface area contributed by atoms with Gasteiger partial charge in [0.15, 0.2) is 5.76 Å². The predicted octanol–water partition coefficient (Wildman–Crippen LogP) is 2.06. The summed E-state index contributed by atoms with van der Waals surface area (Å²) in [6, 6.07) is 11.1. The van der Waals surface area contributed by atoms with Gasteiger partial charge in [0.2, 0.25) is 0 Å². The normalized spacial score (nSPS) is 10.3. The molecule has 0 aliphatic heterocycles. The van der Waals surface area contributed by atoms with E-state index in [4.69, 9.17) is 10.2 Å². The molecule has 4 heteroatoms. The first-order valence-electron chi connectivity index (χ1n) is 5.83. The lowest BCUT2D eigenvalue weighted by Gasteiger charge is -2.16. The average Bonchev–Trinajstić information content (AvgIpc) is 2.92. The summed E-state index contributed by atoms with van der Waals surface area (Å²) in [6.45, 7) is 0.626. The number of nitrogens with two attached hydrogens (primary N) is 1. The number of nitrogens with zero attached hydrogens (tertiary/aromatic N) is 1. The molecule has 0 radical (unpaired) electrons.